The highest BCUT2D eigenvalue weighted by atomic mass is 19.4. The van der Waals surface area contributed by atoms with Crippen molar-refractivity contribution in [2.75, 3.05) is 6.54 Å². The molecule has 1 aromatic rings. The Morgan fingerprint density at radius 2 is 1.71 bits per heavy atom. The molecule has 1 aromatic carbocycles. The number of alkyl halides is 3. The van der Waals surface area contributed by atoms with Crippen LogP contribution in [0, 0.1) is 5.92 Å². The standard InChI is InChI=1S/C17H21F3N2O2/c1-16(2,3)22-14(23)9-21-15(24)13-8-12(13)10-4-6-11(7-5-10)17(18,19)20/h4-7,12-13H,8-9H2,1-3H3,(H,21,24)(H,22,23). The lowest BCUT2D eigenvalue weighted by Crippen LogP contribution is -2.46. The second kappa shape index (κ2) is 6.45. The molecule has 2 atom stereocenters. The van der Waals surface area contributed by atoms with E-state index >= 15 is 0 Å². The molecule has 2 rings (SSSR count). The molecule has 24 heavy (non-hydrogen) atoms. The van der Waals surface area contributed by atoms with Crippen molar-refractivity contribution in [3.8, 4) is 0 Å². The molecular formula is C17H21F3N2O2. The number of benzene rings is 1. The number of hydrogen-bond donors (Lipinski definition) is 2. The Morgan fingerprint density at radius 1 is 1.12 bits per heavy atom. The Hall–Kier alpha value is -2.05. The first-order valence-electron chi connectivity index (χ1n) is 7.73. The molecule has 0 aliphatic heterocycles. The molecule has 0 aromatic heterocycles. The summed E-state index contributed by atoms with van der Waals surface area (Å²) < 4.78 is 37.6. The van der Waals surface area contributed by atoms with E-state index in [1.54, 1.807) is 0 Å². The minimum atomic E-state index is -4.36. The average molecular weight is 342 g/mol. The first-order valence-corrected chi connectivity index (χ1v) is 7.73. The van der Waals surface area contributed by atoms with Crippen LogP contribution in [0.15, 0.2) is 24.3 Å². The molecule has 0 saturated heterocycles. The highest BCUT2D eigenvalue weighted by Crippen LogP contribution is 2.47. The molecule has 4 nitrogen and oxygen atoms in total. The zero-order valence-electron chi connectivity index (χ0n) is 13.8. The van der Waals surface area contributed by atoms with E-state index in [0.29, 0.717) is 12.0 Å². The lowest BCUT2D eigenvalue weighted by atomic mass is 10.1. The van der Waals surface area contributed by atoms with Gasteiger partial charge in [-0.25, -0.2) is 0 Å². The summed E-state index contributed by atoms with van der Waals surface area (Å²) in [6.45, 7) is 5.42. The molecule has 2 amide bonds. The molecule has 132 valence electrons. The second-order valence-corrected chi connectivity index (χ2v) is 7.08. The number of halogens is 3. The van der Waals surface area contributed by atoms with Gasteiger partial charge in [-0.1, -0.05) is 12.1 Å². The summed E-state index contributed by atoms with van der Waals surface area (Å²) in [5.74, 6) is -0.895. The Bertz CT molecular complexity index is 618. The fourth-order valence-corrected chi connectivity index (χ4v) is 2.53. The van der Waals surface area contributed by atoms with E-state index in [0.717, 1.165) is 12.1 Å². The van der Waals surface area contributed by atoms with Crippen molar-refractivity contribution in [2.24, 2.45) is 5.92 Å². The van der Waals surface area contributed by atoms with Crippen molar-refractivity contribution >= 4 is 11.8 Å². The van der Waals surface area contributed by atoms with Gasteiger partial charge in [0.15, 0.2) is 0 Å². The largest absolute Gasteiger partial charge is 0.416 e. The Morgan fingerprint density at radius 3 is 2.21 bits per heavy atom. The van der Waals surface area contributed by atoms with Gasteiger partial charge in [-0.3, -0.25) is 9.59 Å². The van der Waals surface area contributed by atoms with E-state index < -0.39 is 11.7 Å². The zero-order valence-corrected chi connectivity index (χ0v) is 13.8. The normalized spacial score (nSPS) is 20.4. The van der Waals surface area contributed by atoms with Gasteiger partial charge in [-0.2, -0.15) is 13.2 Å². The van der Waals surface area contributed by atoms with Crippen LogP contribution in [0.2, 0.25) is 0 Å². The van der Waals surface area contributed by atoms with Gasteiger partial charge >= 0.3 is 6.18 Å². The maximum atomic E-state index is 12.5. The van der Waals surface area contributed by atoms with Gasteiger partial charge < -0.3 is 10.6 Å². The summed E-state index contributed by atoms with van der Waals surface area (Å²) in [5, 5.41) is 5.31. The Labute approximate surface area is 138 Å². The van der Waals surface area contributed by atoms with Crippen molar-refractivity contribution in [3.05, 3.63) is 35.4 Å². The molecule has 0 heterocycles. The van der Waals surface area contributed by atoms with Gasteiger partial charge in [0.25, 0.3) is 0 Å². The topological polar surface area (TPSA) is 58.2 Å². The molecule has 0 bridgehead atoms. The summed E-state index contributed by atoms with van der Waals surface area (Å²) in [7, 11) is 0. The molecule has 7 heteroatoms. The third kappa shape index (κ3) is 4.97. The number of rotatable bonds is 4. The molecule has 1 saturated carbocycles. The monoisotopic (exact) mass is 342 g/mol. The summed E-state index contributed by atoms with van der Waals surface area (Å²) in [6.07, 6.45) is -3.78. The van der Waals surface area contributed by atoms with Gasteiger partial charge in [0.05, 0.1) is 12.1 Å². The predicted octanol–water partition coefficient (Wildman–Crippen LogP) is 2.84. The van der Waals surface area contributed by atoms with Crippen molar-refractivity contribution < 1.29 is 22.8 Å². The molecule has 1 aliphatic rings. The van der Waals surface area contributed by atoms with Crippen LogP contribution in [0.5, 0.6) is 0 Å². The van der Waals surface area contributed by atoms with Gasteiger partial charge in [-0.05, 0) is 50.8 Å². The zero-order chi connectivity index (χ0) is 18.1. The third-order valence-corrected chi connectivity index (χ3v) is 3.73. The number of carbonyl (C=O) groups excluding carboxylic acids is 2. The van der Waals surface area contributed by atoms with Crippen LogP contribution in [0.1, 0.15) is 44.2 Å². The van der Waals surface area contributed by atoms with E-state index in [1.165, 1.54) is 12.1 Å². The average Bonchev–Trinajstić information content (AvgIpc) is 3.22. The minimum absolute atomic E-state index is 0.0852. The highest BCUT2D eigenvalue weighted by Gasteiger charge is 2.44. The van der Waals surface area contributed by atoms with Crippen LogP contribution in [0.25, 0.3) is 0 Å². The highest BCUT2D eigenvalue weighted by molar-refractivity contribution is 5.88. The lowest BCUT2D eigenvalue weighted by Gasteiger charge is -2.20. The van der Waals surface area contributed by atoms with Crippen LogP contribution >= 0.6 is 0 Å². The fraction of sp³-hybridized carbons (Fsp3) is 0.529. The van der Waals surface area contributed by atoms with Crippen LogP contribution in [-0.2, 0) is 15.8 Å². The van der Waals surface area contributed by atoms with Crippen LogP contribution < -0.4 is 10.6 Å². The van der Waals surface area contributed by atoms with Crippen LogP contribution in [0.3, 0.4) is 0 Å². The van der Waals surface area contributed by atoms with Crippen molar-refractivity contribution in [2.45, 2.75) is 44.8 Å². The van der Waals surface area contributed by atoms with Gasteiger partial charge in [0.2, 0.25) is 11.8 Å². The summed E-state index contributed by atoms with van der Waals surface area (Å²) in [4.78, 5) is 23.7. The maximum Gasteiger partial charge on any atom is 0.416 e. The van der Waals surface area contributed by atoms with Gasteiger partial charge in [0, 0.05) is 11.5 Å². The molecule has 1 fully saturated rings. The molecule has 1 aliphatic carbocycles. The number of carbonyl (C=O) groups is 2. The maximum absolute atomic E-state index is 12.5. The van der Waals surface area contributed by atoms with Crippen molar-refractivity contribution in [1.29, 1.82) is 0 Å². The molecule has 2 unspecified atom stereocenters. The van der Waals surface area contributed by atoms with Crippen LogP contribution in [0.4, 0.5) is 13.2 Å². The molecule has 2 N–H and O–H groups in total. The van der Waals surface area contributed by atoms with E-state index in [4.69, 9.17) is 0 Å². The Balaban J connectivity index is 1.84. The number of nitrogens with one attached hydrogen (secondary N) is 2. The second-order valence-electron chi connectivity index (χ2n) is 7.08. The third-order valence-electron chi connectivity index (χ3n) is 3.73. The van der Waals surface area contributed by atoms with Crippen molar-refractivity contribution in [1.82, 2.24) is 10.6 Å². The first kappa shape index (κ1) is 18.3. The quantitative estimate of drug-likeness (QED) is 0.884. The summed E-state index contributed by atoms with van der Waals surface area (Å²) in [6, 6.07) is 4.87. The fourth-order valence-electron chi connectivity index (χ4n) is 2.53. The predicted molar refractivity (Wildman–Crippen MR) is 83.2 cm³/mol. The van der Waals surface area contributed by atoms with Gasteiger partial charge in [-0.15, -0.1) is 0 Å². The lowest BCUT2D eigenvalue weighted by molar-refractivity contribution is -0.137. The Kier molecular flexibility index (Phi) is 4.92. The smallest absolute Gasteiger partial charge is 0.350 e. The van der Waals surface area contributed by atoms with E-state index in [1.807, 2.05) is 20.8 Å². The van der Waals surface area contributed by atoms with E-state index in [-0.39, 0.29) is 35.7 Å². The molecule has 0 spiro atoms. The summed E-state index contributed by atoms with van der Waals surface area (Å²) >= 11 is 0. The molecule has 0 radical (unpaired) electrons. The van der Waals surface area contributed by atoms with E-state index in [9.17, 15) is 22.8 Å². The summed E-state index contributed by atoms with van der Waals surface area (Å²) in [5.41, 5.74) is -0.363. The SMILES string of the molecule is CC(C)(C)NC(=O)CNC(=O)C1CC1c1ccc(C(F)(F)F)cc1. The van der Waals surface area contributed by atoms with Crippen molar-refractivity contribution in [3.63, 3.8) is 0 Å². The van der Waals surface area contributed by atoms with Gasteiger partial charge in [0.1, 0.15) is 0 Å². The van der Waals surface area contributed by atoms with Crippen LogP contribution in [-0.4, -0.2) is 23.9 Å². The van der Waals surface area contributed by atoms with E-state index in [2.05, 4.69) is 10.6 Å². The molecular weight excluding hydrogens is 321 g/mol. The number of amides is 2. The number of hydrogen-bond acceptors (Lipinski definition) is 2. The first-order chi connectivity index (χ1) is 11.0. The minimum Gasteiger partial charge on any atom is -0.350 e.